The molecule has 144 valence electrons. The molecule has 3 N–H and O–H groups in total. The molecule has 0 saturated heterocycles. The molecule has 28 heavy (non-hydrogen) atoms. The number of ether oxygens (including phenoxy) is 1. The van der Waals surface area contributed by atoms with Gasteiger partial charge in [-0.3, -0.25) is 9.20 Å². The van der Waals surface area contributed by atoms with Crippen molar-refractivity contribution < 1.29 is 14.6 Å². The van der Waals surface area contributed by atoms with Gasteiger partial charge in [-0.1, -0.05) is 6.07 Å². The number of pyridine rings is 2. The van der Waals surface area contributed by atoms with Crippen LogP contribution in [0, 0.1) is 6.92 Å². The molecule has 0 bridgehead atoms. The Bertz CT molecular complexity index is 1160. The normalized spacial score (nSPS) is 13.7. The zero-order valence-corrected chi connectivity index (χ0v) is 15.9. The summed E-state index contributed by atoms with van der Waals surface area (Å²) in [5, 5.41) is 9.42. The quantitative estimate of drug-likeness (QED) is 0.710. The van der Waals surface area contributed by atoms with E-state index in [2.05, 4.69) is 0 Å². The molecule has 1 aliphatic rings. The number of hydrogen-bond acceptors (Lipinski definition) is 4. The number of aromatic nitrogens is 1. The van der Waals surface area contributed by atoms with Crippen molar-refractivity contribution in [3.05, 3.63) is 69.1 Å². The number of carboxylic acid groups (broad SMARTS) is 1. The molecule has 6 heteroatoms. The topological polar surface area (TPSA) is 94.0 Å². The number of carboxylic acids is 1. The Kier molecular flexibility index (Phi) is 4.43. The lowest BCUT2D eigenvalue weighted by atomic mass is 9.95. The van der Waals surface area contributed by atoms with E-state index in [9.17, 15) is 14.7 Å². The predicted molar refractivity (Wildman–Crippen MR) is 107 cm³/mol. The van der Waals surface area contributed by atoms with Gasteiger partial charge in [0.2, 0.25) is 0 Å². The van der Waals surface area contributed by atoms with Crippen molar-refractivity contribution in [2.75, 3.05) is 7.11 Å². The molecule has 1 fully saturated rings. The zero-order valence-electron chi connectivity index (χ0n) is 15.9. The molecule has 6 nitrogen and oxygen atoms in total. The van der Waals surface area contributed by atoms with E-state index in [1.807, 2.05) is 31.2 Å². The first kappa shape index (κ1) is 18.3. The molecule has 1 aliphatic carbocycles. The second-order valence-corrected chi connectivity index (χ2v) is 7.20. The molecule has 0 atom stereocenters. The standard InChI is InChI=1S/C22H22N2O4/c1-12-16(14-5-6-19(28-2)15(9-14)11-23)7-8-24-20(12)17(13-3-4-13)10-18(21(24)25)22(26)27/h5-10,13H,3-4,11,23H2,1-2H3,(H,26,27). The third-order valence-electron chi connectivity index (χ3n) is 5.47. The van der Waals surface area contributed by atoms with Gasteiger partial charge in [0, 0.05) is 18.3 Å². The number of hydrogen-bond donors (Lipinski definition) is 2. The van der Waals surface area contributed by atoms with Crippen LogP contribution < -0.4 is 16.0 Å². The van der Waals surface area contributed by atoms with E-state index < -0.39 is 11.5 Å². The first-order valence-corrected chi connectivity index (χ1v) is 9.25. The maximum Gasteiger partial charge on any atom is 0.341 e. The Balaban J connectivity index is 1.99. The van der Waals surface area contributed by atoms with Gasteiger partial charge in [0.25, 0.3) is 5.56 Å². The minimum absolute atomic E-state index is 0.179. The van der Waals surface area contributed by atoms with Crippen LogP contribution in [0.1, 0.15) is 45.8 Å². The van der Waals surface area contributed by atoms with Gasteiger partial charge in [0.1, 0.15) is 11.3 Å². The lowest BCUT2D eigenvalue weighted by Crippen LogP contribution is -2.23. The number of nitrogens with two attached hydrogens (primary N) is 1. The number of carbonyl (C=O) groups is 1. The maximum atomic E-state index is 12.7. The van der Waals surface area contributed by atoms with Crippen LogP contribution in [0.5, 0.6) is 5.75 Å². The van der Waals surface area contributed by atoms with Crippen molar-refractivity contribution in [2.45, 2.75) is 32.2 Å². The number of aryl methyl sites for hydroxylation is 1. The molecule has 4 rings (SSSR count). The van der Waals surface area contributed by atoms with Crippen molar-refractivity contribution in [3.8, 4) is 16.9 Å². The van der Waals surface area contributed by atoms with Crippen LogP contribution in [-0.4, -0.2) is 22.6 Å². The average Bonchev–Trinajstić information content (AvgIpc) is 3.53. The molecule has 2 aromatic heterocycles. The Morgan fingerprint density at radius 2 is 2.04 bits per heavy atom. The predicted octanol–water partition coefficient (Wildman–Crippen LogP) is 3.32. The highest BCUT2D eigenvalue weighted by atomic mass is 16.5. The van der Waals surface area contributed by atoms with Crippen LogP contribution in [0.2, 0.25) is 0 Å². The molecular weight excluding hydrogens is 356 g/mol. The smallest absolute Gasteiger partial charge is 0.341 e. The Labute approximate surface area is 162 Å². The first-order chi connectivity index (χ1) is 13.5. The van der Waals surface area contributed by atoms with E-state index in [1.165, 1.54) is 4.40 Å². The molecule has 0 amide bonds. The Hall–Kier alpha value is -3.12. The molecule has 1 aromatic carbocycles. The third kappa shape index (κ3) is 2.86. The van der Waals surface area contributed by atoms with Gasteiger partial charge in [0.05, 0.1) is 12.6 Å². The van der Waals surface area contributed by atoms with Crippen molar-refractivity contribution >= 4 is 11.5 Å². The van der Waals surface area contributed by atoms with Crippen molar-refractivity contribution in [1.82, 2.24) is 4.40 Å². The van der Waals surface area contributed by atoms with Crippen molar-refractivity contribution in [3.63, 3.8) is 0 Å². The average molecular weight is 378 g/mol. The lowest BCUT2D eigenvalue weighted by molar-refractivity contribution is 0.0694. The maximum absolute atomic E-state index is 12.7. The fraction of sp³-hybridized carbons (Fsp3) is 0.273. The summed E-state index contributed by atoms with van der Waals surface area (Å²) in [7, 11) is 1.61. The van der Waals surface area contributed by atoms with Gasteiger partial charge in [-0.2, -0.15) is 0 Å². The second-order valence-electron chi connectivity index (χ2n) is 7.20. The van der Waals surface area contributed by atoms with Crippen LogP contribution in [0.25, 0.3) is 16.6 Å². The molecule has 0 unspecified atom stereocenters. The fourth-order valence-electron chi connectivity index (χ4n) is 3.87. The highest BCUT2D eigenvalue weighted by Gasteiger charge is 2.29. The third-order valence-corrected chi connectivity index (χ3v) is 5.47. The first-order valence-electron chi connectivity index (χ1n) is 9.25. The van der Waals surface area contributed by atoms with E-state index >= 15 is 0 Å². The highest BCUT2D eigenvalue weighted by molar-refractivity contribution is 5.89. The minimum Gasteiger partial charge on any atom is -0.496 e. The summed E-state index contributed by atoms with van der Waals surface area (Å²) < 4.78 is 6.83. The number of methoxy groups -OCH3 is 1. The molecule has 2 heterocycles. The van der Waals surface area contributed by atoms with Gasteiger partial charge in [-0.05, 0) is 72.2 Å². The monoisotopic (exact) mass is 378 g/mol. The molecule has 3 aromatic rings. The lowest BCUT2D eigenvalue weighted by Gasteiger charge is -2.16. The van der Waals surface area contributed by atoms with Crippen LogP contribution in [0.4, 0.5) is 0 Å². The van der Waals surface area contributed by atoms with E-state index in [4.69, 9.17) is 10.5 Å². The molecule has 0 radical (unpaired) electrons. The van der Waals surface area contributed by atoms with E-state index in [1.54, 1.807) is 19.4 Å². The molecule has 0 aliphatic heterocycles. The molecule has 1 saturated carbocycles. The van der Waals surface area contributed by atoms with E-state index in [-0.39, 0.29) is 5.56 Å². The van der Waals surface area contributed by atoms with Crippen LogP contribution >= 0.6 is 0 Å². The van der Waals surface area contributed by atoms with Crippen molar-refractivity contribution in [2.24, 2.45) is 5.73 Å². The van der Waals surface area contributed by atoms with Crippen LogP contribution in [0.15, 0.2) is 41.3 Å². The summed E-state index contributed by atoms with van der Waals surface area (Å²) in [6, 6.07) is 9.28. The summed E-state index contributed by atoms with van der Waals surface area (Å²) in [4.78, 5) is 24.2. The summed E-state index contributed by atoms with van der Waals surface area (Å²) in [6.07, 6.45) is 3.69. The Morgan fingerprint density at radius 1 is 1.29 bits per heavy atom. The number of aromatic carboxylic acids is 1. The fourth-order valence-corrected chi connectivity index (χ4v) is 3.87. The van der Waals surface area contributed by atoms with Gasteiger partial charge >= 0.3 is 5.97 Å². The second kappa shape index (κ2) is 6.80. The molecule has 0 spiro atoms. The SMILES string of the molecule is COc1ccc(-c2ccn3c(=O)c(C(=O)O)cc(C4CC4)c3c2C)cc1CN. The summed E-state index contributed by atoms with van der Waals surface area (Å²) in [5.74, 6) is -0.144. The summed E-state index contributed by atoms with van der Waals surface area (Å²) in [5.41, 5.74) is 10.7. The zero-order chi connectivity index (χ0) is 20.0. The number of rotatable bonds is 5. The van der Waals surface area contributed by atoms with E-state index in [0.717, 1.165) is 51.9 Å². The van der Waals surface area contributed by atoms with Crippen LogP contribution in [-0.2, 0) is 6.54 Å². The van der Waals surface area contributed by atoms with Crippen molar-refractivity contribution in [1.29, 1.82) is 0 Å². The Morgan fingerprint density at radius 3 is 2.64 bits per heavy atom. The number of nitrogens with zero attached hydrogens (tertiary/aromatic N) is 1. The number of fused-ring (bicyclic) bond motifs is 1. The van der Waals surface area contributed by atoms with Crippen LogP contribution in [0.3, 0.4) is 0 Å². The van der Waals surface area contributed by atoms with Gasteiger partial charge in [-0.15, -0.1) is 0 Å². The number of benzene rings is 1. The minimum atomic E-state index is -1.19. The largest absolute Gasteiger partial charge is 0.496 e. The highest BCUT2D eigenvalue weighted by Crippen LogP contribution is 2.43. The van der Waals surface area contributed by atoms with E-state index in [0.29, 0.717) is 12.5 Å². The molecular formula is C22H22N2O4. The summed E-state index contributed by atoms with van der Waals surface area (Å²) >= 11 is 0. The van der Waals surface area contributed by atoms with Gasteiger partial charge < -0.3 is 15.6 Å². The van der Waals surface area contributed by atoms with Gasteiger partial charge in [-0.25, -0.2) is 4.79 Å². The summed E-state index contributed by atoms with van der Waals surface area (Å²) in [6.45, 7) is 2.33. The van der Waals surface area contributed by atoms with Gasteiger partial charge in [0.15, 0.2) is 0 Å².